The molecular formula is C25H23NO5. The number of hydrogen-bond acceptors (Lipinski definition) is 4. The van der Waals surface area contributed by atoms with Crippen molar-refractivity contribution in [3.8, 4) is 5.75 Å². The summed E-state index contributed by atoms with van der Waals surface area (Å²) in [5.41, 5.74) is 2.68. The van der Waals surface area contributed by atoms with Crippen molar-refractivity contribution < 1.29 is 23.8 Å². The van der Waals surface area contributed by atoms with Crippen molar-refractivity contribution in [2.45, 2.75) is 26.7 Å². The van der Waals surface area contributed by atoms with E-state index in [1.807, 2.05) is 38.1 Å². The molecule has 0 saturated heterocycles. The van der Waals surface area contributed by atoms with Crippen molar-refractivity contribution in [1.29, 1.82) is 0 Å². The summed E-state index contributed by atoms with van der Waals surface area (Å²) >= 11 is 0. The van der Waals surface area contributed by atoms with Crippen LogP contribution in [0.4, 0.5) is 0 Å². The molecule has 0 unspecified atom stereocenters. The number of carboxylic acid groups (broad SMARTS) is 1. The maximum absolute atomic E-state index is 13.2. The van der Waals surface area contributed by atoms with E-state index in [0.717, 1.165) is 22.6 Å². The quantitative estimate of drug-likeness (QED) is 0.468. The predicted octanol–water partition coefficient (Wildman–Crippen LogP) is 4.79. The van der Waals surface area contributed by atoms with Gasteiger partial charge in [-0.05, 0) is 67.9 Å². The van der Waals surface area contributed by atoms with Gasteiger partial charge >= 0.3 is 5.97 Å². The zero-order valence-corrected chi connectivity index (χ0v) is 17.4. The van der Waals surface area contributed by atoms with Gasteiger partial charge in [0.1, 0.15) is 17.3 Å². The number of carbonyl (C=O) groups excluding carboxylic acids is 1. The number of carbonyl (C=O) groups is 2. The van der Waals surface area contributed by atoms with Gasteiger partial charge in [-0.1, -0.05) is 12.1 Å². The number of nitrogens with zero attached hydrogens (tertiary/aromatic N) is 1. The van der Waals surface area contributed by atoms with Crippen molar-refractivity contribution in [2.75, 3.05) is 6.61 Å². The minimum Gasteiger partial charge on any atom is -0.493 e. The number of aryl methyl sites for hydroxylation is 2. The van der Waals surface area contributed by atoms with E-state index in [-0.39, 0.29) is 12.3 Å². The molecule has 0 bridgehead atoms. The molecule has 6 nitrogen and oxygen atoms in total. The lowest BCUT2D eigenvalue weighted by molar-refractivity contribution is -0.136. The fraction of sp³-hybridized carbons (Fsp3) is 0.200. The first-order chi connectivity index (χ1) is 14.9. The molecule has 0 saturated carbocycles. The summed E-state index contributed by atoms with van der Waals surface area (Å²) in [6.45, 7) is 4.23. The third kappa shape index (κ3) is 4.38. The van der Waals surface area contributed by atoms with Gasteiger partial charge < -0.3 is 14.3 Å². The van der Waals surface area contributed by atoms with Crippen molar-refractivity contribution in [3.63, 3.8) is 0 Å². The van der Waals surface area contributed by atoms with E-state index in [0.29, 0.717) is 35.4 Å². The van der Waals surface area contributed by atoms with E-state index >= 15 is 0 Å². The topological polar surface area (TPSA) is 81.7 Å². The molecule has 6 heteroatoms. The lowest BCUT2D eigenvalue weighted by atomic mass is 10.1. The molecule has 0 spiro atoms. The first-order valence-electron chi connectivity index (χ1n) is 10.1. The summed E-state index contributed by atoms with van der Waals surface area (Å²) in [6.07, 6.45) is 0.584. The number of fused-ring (bicyclic) bond motifs is 1. The zero-order chi connectivity index (χ0) is 22.0. The average Bonchev–Trinajstić information content (AvgIpc) is 3.30. The molecule has 0 radical (unpaired) electrons. The van der Waals surface area contributed by atoms with Crippen LogP contribution in [0.1, 0.15) is 33.1 Å². The molecule has 4 aromatic rings. The Balaban J connectivity index is 1.51. The highest BCUT2D eigenvalue weighted by Gasteiger charge is 2.17. The van der Waals surface area contributed by atoms with Crippen LogP contribution in [-0.2, 0) is 17.6 Å². The van der Waals surface area contributed by atoms with Crippen LogP contribution in [0.15, 0.2) is 65.1 Å². The number of furan rings is 1. The second kappa shape index (κ2) is 8.52. The molecule has 0 atom stereocenters. The summed E-state index contributed by atoms with van der Waals surface area (Å²) in [5.74, 6) is 1.36. The zero-order valence-electron chi connectivity index (χ0n) is 17.4. The molecule has 0 aliphatic carbocycles. The number of carboxylic acids is 1. The van der Waals surface area contributed by atoms with Gasteiger partial charge in [0.05, 0.1) is 18.5 Å². The summed E-state index contributed by atoms with van der Waals surface area (Å²) in [4.78, 5) is 24.3. The lowest BCUT2D eigenvalue weighted by Gasteiger charge is -2.09. The van der Waals surface area contributed by atoms with E-state index in [1.165, 1.54) is 0 Å². The minimum atomic E-state index is -0.901. The van der Waals surface area contributed by atoms with Gasteiger partial charge in [0.2, 0.25) is 0 Å². The first kappa shape index (κ1) is 20.5. The Morgan fingerprint density at radius 1 is 1.03 bits per heavy atom. The van der Waals surface area contributed by atoms with Gasteiger partial charge in [-0.25, -0.2) is 0 Å². The molecule has 0 aliphatic rings. The second-order valence-corrected chi connectivity index (χ2v) is 7.48. The number of aliphatic carboxylic acids is 1. The molecule has 0 aliphatic heterocycles. The highest BCUT2D eigenvalue weighted by Crippen LogP contribution is 2.25. The molecule has 2 aromatic heterocycles. The van der Waals surface area contributed by atoms with Crippen molar-refractivity contribution in [2.24, 2.45) is 0 Å². The van der Waals surface area contributed by atoms with Crippen LogP contribution in [0.25, 0.3) is 10.9 Å². The van der Waals surface area contributed by atoms with Crippen LogP contribution < -0.4 is 4.74 Å². The summed E-state index contributed by atoms with van der Waals surface area (Å²) in [7, 11) is 0. The van der Waals surface area contributed by atoms with Gasteiger partial charge in [-0.15, -0.1) is 0 Å². The standard InChI is InChI=1S/C25H23NO5/c1-16-14-22-19(15-24(27)28)4-3-5-23(22)26(16)25(29)18-7-10-20(11-8-18)30-13-12-21-9-6-17(2)31-21/h3-11,14H,12-13,15H2,1-2H3,(H,27,28). The van der Waals surface area contributed by atoms with Crippen LogP contribution in [0.3, 0.4) is 0 Å². The van der Waals surface area contributed by atoms with Crippen LogP contribution in [-0.4, -0.2) is 28.2 Å². The van der Waals surface area contributed by atoms with E-state index < -0.39 is 5.97 Å². The van der Waals surface area contributed by atoms with Crippen LogP contribution in [0.5, 0.6) is 5.75 Å². The number of rotatable bonds is 7. The first-order valence-corrected chi connectivity index (χ1v) is 10.1. The molecule has 2 heterocycles. The van der Waals surface area contributed by atoms with Gasteiger partial charge in [0, 0.05) is 23.1 Å². The number of ether oxygens (including phenoxy) is 1. The van der Waals surface area contributed by atoms with Crippen LogP contribution in [0.2, 0.25) is 0 Å². The highest BCUT2D eigenvalue weighted by atomic mass is 16.5. The van der Waals surface area contributed by atoms with E-state index in [9.17, 15) is 9.59 Å². The highest BCUT2D eigenvalue weighted by molar-refractivity contribution is 6.04. The fourth-order valence-corrected chi connectivity index (χ4v) is 3.72. The maximum atomic E-state index is 13.2. The van der Waals surface area contributed by atoms with Gasteiger partial charge in [0.15, 0.2) is 0 Å². The Morgan fingerprint density at radius 2 is 1.81 bits per heavy atom. The Bertz CT molecular complexity index is 1250. The number of benzene rings is 2. The third-order valence-electron chi connectivity index (χ3n) is 5.18. The SMILES string of the molecule is Cc1ccc(CCOc2ccc(C(=O)n3c(C)cc4c(CC(=O)O)cccc43)cc2)o1. The molecular weight excluding hydrogens is 394 g/mol. The van der Waals surface area contributed by atoms with E-state index in [2.05, 4.69) is 0 Å². The largest absolute Gasteiger partial charge is 0.493 e. The Kier molecular flexibility index (Phi) is 5.62. The van der Waals surface area contributed by atoms with Gasteiger partial charge in [-0.3, -0.25) is 14.2 Å². The van der Waals surface area contributed by atoms with E-state index in [4.69, 9.17) is 14.3 Å². The molecule has 0 amide bonds. The van der Waals surface area contributed by atoms with Crippen molar-refractivity contribution in [1.82, 2.24) is 4.57 Å². The smallest absolute Gasteiger partial charge is 0.307 e. The number of hydrogen-bond donors (Lipinski definition) is 1. The second-order valence-electron chi connectivity index (χ2n) is 7.48. The van der Waals surface area contributed by atoms with Gasteiger partial charge in [0.25, 0.3) is 5.91 Å². The lowest BCUT2D eigenvalue weighted by Crippen LogP contribution is -2.13. The number of aromatic nitrogens is 1. The van der Waals surface area contributed by atoms with Gasteiger partial charge in [-0.2, -0.15) is 0 Å². The summed E-state index contributed by atoms with van der Waals surface area (Å²) in [5, 5.41) is 9.93. The van der Waals surface area contributed by atoms with Crippen molar-refractivity contribution >= 4 is 22.8 Å². The Morgan fingerprint density at radius 3 is 2.48 bits per heavy atom. The summed E-state index contributed by atoms with van der Waals surface area (Å²) < 4.78 is 12.9. The Labute approximate surface area is 179 Å². The monoisotopic (exact) mass is 417 g/mol. The Hall–Kier alpha value is -3.80. The molecule has 4 rings (SSSR count). The maximum Gasteiger partial charge on any atom is 0.307 e. The molecule has 31 heavy (non-hydrogen) atoms. The average molecular weight is 417 g/mol. The molecule has 2 aromatic carbocycles. The molecule has 0 fully saturated rings. The van der Waals surface area contributed by atoms with Crippen LogP contribution >= 0.6 is 0 Å². The summed E-state index contributed by atoms with van der Waals surface area (Å²) in [6, 6.07) is 18.1. The van der Waals surface area contributed by atoms with E-state index in [1.54, 1.807) is 41.0 Å². The molecule has 1 N–H and O–H groups in total. The fourth-order valence-electron chi connectivity index (χ4n) is 3.72. The predicted molar refractivity (Wildman–Crippen MR) is 117 cm³/mol. The third-order valence-corrected chi connectivity index (χ3v) is 5.18. The molecule has 158 valence electrons. The van der Waals surface area contributed by atoms with Crippen molar-refractivity contribution in [3.05, 3.63) is 89.0 Å². The van der Waals surface area contributed by atoms with Crippen LogP contribution in [0, 0.1) is 13.8 Å². The minimum absolute atomic E-state index is 0.0847. The normalized spacial score (nSPS) is 11.0.